The molecule has 0 aliphatic carbocycles. The van der Waals surface area contributed by atoms with Crippen LogP contribution in [0.2, 0.25) is 0 Å². The first-order valence-electron chi connectivity index (χ1n) is 7.52. The molecule has 0 aromatic heterocycles. The van der Waals surface area contributed by atoms with Crippen LogP contribution in [0.1, 0.15) is 6.42 Å². The van der Waals surface area contributed by atoms with E-state index in [2.05, 4.69) is 15.5 Å². The second-order valence-corrected chi connectivity index (χ2v) is 5.42. The van der Waals surface area contributed by atoms with Crippen molar-refractivity contribution in [2.75, 3.05) is 11.9 Å². The largest absolute Gasteiger partial charge is 0.390 e. The number of hydrogen-bond acceptors (Lipinski definition) is 6. The summed E-state index contributed by atoms with van der Waals surface area (Å²) in [4.78, 5) is 0. The molecule has 23 heavy (non-hydrogen) atoms. The van der Waals surface area contributed by atoms with Gasteiger partial charge in [0.1, 0.15) is 12.3 Å². The lowest BCUT2D eigenvalue weighted by Gasteiger charge is -2.31. The maximum Gasteiger partial charge on any atom is 0.130 e. The fraction of sp³-hybridized carbons (Fsp3) is 0.294. The molecule has 2 aromatic carbocycles. The molecule has 3 N–H and O–H groups in total. The molecule has 3 rings (SSSR count). The van der Waals surface area contributed by atoms with Crippen molar-refractivity contribution in [1.29, 1.82) is 0 Å². The fourth-order valence-corrected chi connectivity index (χ4v) is 2.29. The Morgan fingerprint density at radius 1 is 0.870 bits per heavy atom. The Kier molecular flexibility index (Phi) is 4.97. The van der Waals surface area contributed by atoms with Crippen LogP contribution in [0.3, 0.4) is 0 Å². The Hall–Kier alpha value is -2.28. The van der Waals surface area contributed by atoms with Gasteiger partial charge in [-0.2, -0.15) is 10.2 Å². The quantitative estimate of drug-likeness (QED) is 0.757. The van der Waals surface area contributed by atoms with Gasteiger partial charge in [-0.05, 0) is 36.4 Å². The van der Waals surface area contributed by atoms with Crippen LogP contribution >= 0.6 is 0 Å². The summed E-state index contributed by atoms with van der Waals surface area (Å²) in [6.07, 6.45) is -1.55. The van der Waals surface area contributed by atoms with E-state index in [0.717, 1.165) is 17.1 Å². The van der Waals surface area contributed by atoms with Gasteiger partial charge in [-0.1, -0.05) is 18.2 Å². The summed E-state index contributed by atoms with van der Waals surface area (Å²) in [5.41, 5.74) is 2.41. The average Bonchev–Trinajstić information content (AvgIpc) is 2.58. The zero-order valence-electron chi connectivity index (χ0n) is 12.5. The zero-order valence-corrected chi connectivity index (χ0v) is 12.5. The molecule has 0 spiro atoms. The molecule has 1 saturated heterocycles. The van der Waals surface area contributed by atoms with E-state index in [9.17, 15) is 10.2 Å². The van der Waals surface area contributed by atoms with Gasteiger partial charge in [-0.25, -0.2) is 0 Å². The highest BCUT2D eigenvalue weighted by molar-refractivity contribution is 5.51. The number of rotatable bonds is 4. The van der Waals surface area contributed by atoms with Crippen molar-refractivity contribution in [1.82, 2.24) is 0 Å². The first-order chi connectivity index (χ1) is 11.2. The number of nitrogens with zero attached hydrogens (tertiary/aromatic N) is 2. The van der Waals surface area contributed by atoms with Crippen molar-refractivity contribution in [3.05, 3.63) is 54.6 Å². The third-order valence-corrected chi connectivity index (χ3v) is 3.60. The van der Waals surface area contributed by atoms with Gasteiger partial charge in [0.05, 0.1) is 24.1 Å². The number of aliphatic hydroxyl groups is 2. The number of ether oxygens (including phenoxy) is 1. The Morgan fingerprint density at radius 3 is 2.17 bits per heavy atom. The van der Waals surface area contributed by atoms with E-state index < -0.39 is 12.2 Å². The van der Waals surface area contributed by atoms with Crippen LogP contribution in [0.15, 0.2) is 64.8 Å². The number of benzene rings is 2. The van der Waals surface area contributed by atoms with Crippen molar-refractivity contribution in [3.8, 4) is 0 Å². The summed E-state index contributed by atoms with van der Waals surface area (Å²) in [7, 11) is 0. The molecular weight excluding hydrogens is 294 g/mol. The minimum absolute atomic E-state index is 0.127. The van der Waals surface area contributed by atoms with E-state index in [-0.39, 0.29) is 12.8 Å². The molecule has 0 bridgehead atoms. The molecule has 1 heterocycles. The lowest BCUT2D eigenvalue weighted by atomic mass is 10.1. The maximum atomic E-state index is 9.65. The van der Waals surface area contributed by atoms with Gasteiger partial charge in [-0.15, -0.1) is 0 Å². The predicted molar refractivity (Wildman–Crippen MR) is 87.1 cm³/mol. The second kappa shape index (κ2) is 7.32. The van der Waals surface area contributed by atoms with E-state index in [1.54, 1.807) is 0 Å². The number of hydrogen-bond donors (Lipinski definition) is 3. The lowest BCUT2D eigenvalue weighted by molar-refractivity contribution is -0.112. The summed E-state index contributed by atoms with van der Waals surface area (Å²) < 4.78 is 5.44. The van der Waals surface area contributed by atoms with Gasteiger partial charge in [-0.3, -0.25) is 0 Å². The summed E-state index contributed by atoms with van der Waals surface area (Å²) in [6.45, 7) is 0.127. The summed E-state index contributed by atoms with van der Waals surface area (Å²) >= 11 is 0. The molecule has 1 fully saturated rings. The topological polar surface area (TPSA) is 86.4 Å². The third-order valence-electron chi connectivity index (χ3n) is 3.60. The van der Waals surface area contributed by atoms with Crippen LogP contribution in [-0.4, -0.2) is 35.3 Å². The van der Waals surface area contributed by atoms with Crippen molar-refractivity contribution in [3.63, 3.8) is 0 Å². The Morgan fingerprint density at radius 2 is 1.52 bits per heavy atom. The van der Waals surface area contributed by atoms with E-state index >= 15 is 0 Å². The van der Waals surface area contributed by atoms with Crippen molar-refractivity contribution in [2.45, 2.75) is 24.9 Å². The standard InChI is InChI=1S/C17H19N3O3/c21-15-10-17(23-11-16(15)22)18-12-6-8-14(9-7-12)20-19-13-4-2-1-3-5-13/h1-9,15-18,21-22H,10-11H2/t15-,16+,17+/m0/s1. The molecule has 1 aliphatic heterocycles. The van der Waals surface area contributed by atoms with Gasteiger partial charge < -0.3 is 20.3 Å². The highest BCUT2D eigenvalue weighted by Gasteiger charge is 2.28. The monoisotopic (exact) mass is 313 g/mol. The Labute approximate surface area is 134 Å². The van der Waals surface area contributed by atoms with Crippen molar-refractivity contribution >= 4 is 17.1 Å². The minimum Gasteiger partial charge on any atom is -0.390 e. The van der Waals surface area contributed by atoms with Crippen LogP contribution in [0, 0.1) is 0 Å². The van der Waals surface area contributed by atoms with Crippen LogP contribution < -0.4 is 5.32 Å². The second-order valence-electron chi connectivity index (χ2n) is 5.42. The van der Waals surface area contributed by atoms with E-state index in [1.165, 1.54) is 0 Å². The number of azo groups is 1. The SMILES string of the molecule is O[C@@H]1CO[C@@H](Nc2ccc(N=Nc3ccccc3)cc2)C[C@@H]1O. The average molecular weight is 313 g/mol. The van der Waals surface area contributed by atoms with Crippen molar-refractivity contribution in [2.24, 2.45) is 10.2 Å². The molecule has 0 unspecified atom stereocenters. The van der Waals surface area contributed by atoms with Gasteiger partial charge >= 0.3 is 0 Å². The first kappa shape index (κ1) is 15.6. The minimum atomic E-state index is -0.811. The van der Waals surface area contributed by atoms with E-state index in [4.69, 9.17) is 4.74 Å². The molecule has 0 saturated carbocycles. The third kappa shape index (κ3) is 4.35. The van der Waals surface area contributed by atoms with Crippen LogP contribution in [0.4, 0.5) is 17.1 Å². The molecule has 2 aromatic rings. The number of anilines is 1. The van der Waals surface area contributed by atoms with E-state index in [1.807, 2.05) is 54.6 Å². The molecule has 6 nitrogen and oxygen atoms in total. The fourth-order valence-electron chi connectivity index (χ4n) is 2.29. The number of aliphatic hydroxyl groups excluding tert-OH is 2. The van der Waals surface area contributed by atoms with Crippen LogP contribution in [0.25, 0.3) is 0 Å². The van der Waals surface area contributed by atoms with Crippen LogP contribution in [0.5, 0.6) is 0 Å². The number of nitrogens with one attached hydrogen (secondary N) is 1. The molecular formula is C17H19N3O3. The molecule has 3 atom stereocenters. The molecule has 0 amide bonds. The van der Waals surface area contributed by atoms with Gasteiger partial charge in [0, 0.05) is 12.1 Å². The van der Waals surface area contributed by atoms with Gasteiger partial charge in [0.25, 0.3) is 0 Å². The smallest absolute Gasteiger partial charge is 0.130 e. The van der Waals surface area contributed by atoms with Crippen molar-refractivity contribution < 1.29 is 14.9 Å². The van der Waals surface area contributed by atoms with Gasteiger partial charge in [0.15, 0.2) is 0 Å². The summed E-state index contributed by atoms with van der Waals surface area (Å²) in [6, 6.07) is 17.0. The Bertz CT molecular complexity index is 646. The maximum absolute atomic E-state index is 9.65. The first-order valence-corrected chi connectivity index (χ1v) is 7.52. The highest BCUT2D eigenvalue weighted by Crippen LogP contribution is 2.22. The predicted octanol–water partition coefficient (Wildman–Crippen LogP) is 2.98. The highest BCUT2D eigenvalue weighted by atomic mass is 16.5. The molecule has 0 radical (unpaired) electrons. The molecule has 1 aliphatic rings. The Balaban J connectivity index is 1.58. The molecule has 6 heteroatoms. The zero-order chi connectivity index (χ0) is 16.1. The van der Waals surface area contributed by atoms with Gasteiger partial charge in [0.2, 0.25) is 0 Å². The van der Waals surface area contributed by atoms with Crippen LogP contribution in [-0.2, 0) is 4.74 Å². The summed E-state index contributed by atoms with van der Waals surface area (Å²) in [5.74, 6) is 0. The normalized spacial score (nSPS) is 24.7. The van der Waals surface area contributed by atoms with E-state index in [0.29, 0.717) is 6.42 Å². The molecule has 120 valence electrons. The summed E-state index contributed by atoms with van der Waals surface area (Å²) in [5, 5.41) is 30.6. The lowest BCUT2D eigenvalue weighted by Crippen LogP contribution is -2.44.